The van der Waals surface area contributed by atoms with Crippen molar-refractivity contribution in [3.63, 3.8) is 0 Å². The van der Waals surface area contributed by atoms with E-state index >= 15 is 0 Å². The Morgan fingerprint density at radius 3 is 1.83 bits per heavy atom. The highest BCUT2D eigenvalue weighted by molar-refractivity contribution is 5.85. The van der Waals surface area contributed by atoms with Crippen molar-refractivity contribution in [3.8, 4) is 0 Å². The van der Waals surface area contributed by atoms with Crippen molar-refractivity contribution >= 4 is 24.8 Å². The third kappa shape index (κ3) is 3.46. The molecule has 0 atom stereocenters. The number of piperidine rings is 1. The summed E-state index contributed by atoms with van der Waals surface area (Å²) in [5.74, 6) is 0. The van der Waals surface area contributed by atoms with E-state index in [1.165, 1.54) is 0 Å². The van der Waals surface area contributed by atoms with Crippen molar-refractivity contribution in [2.45, 2.75) is 18.6 Å². The summed E-state index contributed by atoms with van der Waals surface area (Å²) >= 11 is 0. The largest absolute Gasteiger partial charge is 0.376 e. The molecule has 1 saturated heterocycles. The normalized spacial score (nSPS) is 21.0. The maximum atomic E-state index is 9.83. The van der Waals surface area contributed by atoms with E-state index in [1.54, 1.807) is 0 Å². The third-order valence-electron chi connectivity index (χ3n) is 2.24. The summed E-state index contributed by atoms with van der Waals surface area (Å²) in [5.41, 5.74) is -0.550. The van der Waals surface area contributed by atoms with Gasteiger partial charge in [-0.2, -0.15) is 0 Å². The Labute approximate surface area is 86.3 Å². The van der Waals surface area contributed by atoms with Crippen LogP contribution in [0.2, 0.25) is 0 Å². The molecular formula is C7H18Cl2N2O. The lowest BCUT2D eigenvalue weighted by Crippen LogP contribution is -2.51. The number of aliphatic hydroxyl groups is 1. The monoisotopic (exact) mass is 216 g/mol. The molecule has 1 fully saturated rings. The van der Waals surface area contributed by atoms with Gasteiger partial charge in [0.05, 0.1) is 0 Å². The van der Waals surface area contributed by atoms with Crippen LogP contribution in [0.1, 0.15) is 12.8 Å². The van der Waals surface area contributed by atoms with Gasteiger partial charge in [-0.1, -0.05) is 0 Å². The lowest BCUT2D eigenvalue weighted by atomic mass is 10.0. The Morgan fingerprint density at radius 1 is 1.17 bits per heavy atom. The fourth-order valence-electron chi connectivity index (χ4n) is 1.27. The van der Waals surface area contributed by atoms with Crippen molar-refractivity contribution in [2.24, 2.45) is 0 Å². The Bertz CT molecular complexity index is 116. The van der Waals surface area contributed by atoms with Crippen molar-refractivity contribution in [1.29, 1.82) is 0 Å². The van der Waals surface area contributed by atoms with Crippen LogP contribution in [0.4, 0.5) is 0 Å². The van der Waals surface area contributed by atoms with Crippen LogP contribution in [0.5, 0.6) is 0 Å². The van der Waals surface area contributed by atoms with Gasteiger partial charge in [0, 0.05) is 12.8 Å². The second-order valence-corrected chi connectivity index (χ2v) is 3.13. The van der Waals surface area contributed by atoms with Gasteiger partial charge >= 0.3 is 0 Å². The van der Waals surface area contributed by atoms with Gasteiger partial charge in [-0.05, 0) is 27.2 Å². The molecule has 1 rings (SSSR count). The smallest absolute Gasteiger partial charge is 0.120 e. The average Bonchev–Trinajstić information content (AvgIpc) is 1.89. The lowest BCUT2D eigenvalue weighted by Gasteiger charge is -2.38. The van der Waals surface area contributed by atoms with Crippen LogP contribution in [0, 0.1) is 0 Å². The first-order valence-corrected chi connectivity index (χ1v) is 3.76. The molecule has 12 heavy (non-hydrogen) atoms. The van der Waals surface area contributed by atoms with E-state index < -0.39 is 5.72 Å². The third-order valence-corrected chi connectivity index (χ3v) is 2.24. The summed E-state index contributed by atoms with van der Waals surface area (Å²) in [6.45, 7) is 1.85. The quantitative estimate of drug-likeness (QED) is 0.626. The summed E-state index contributed by atoms with van der Waals surface area (Å²) in [6, 6.07) is 0. The van der Waals surface area contributed by atoms with Gasteiger partial charge in [0.15, 0.2) is 0 Å². The molecule has 1 aliphatic rings. The zero-order valence-corrected chi connectivity index (χ0v) is 9.17. The van der Waals surface area contributed by atoms with Crippen molar-refractivity contribution in [1.82, 2.24) is 10.2 Å². The minimum Gasteiger partial charge on any atom is -0.376 e. The zero-order valence-electron chi connectivity index (χ0n) is 7.54. The van der Waals surface area contributed by atoms with Crippen LogP contribution in [-0.2, 0) is 0 Å². The standard InChI is InChI=1S/C7H16N2O.2ClH/c1-9(2)7(10)3-5-8-6-4-7;;/h8,10H,3-6H2,1-2H3;2*1H. The van der Waals surface area contributed by atoms with Crippen molar-refractivity contribution in [2.75, 3.05) is 27.2 Å². The number of hydrogen-bond donors (Lipinski definition) is 2. The molecule has 2 N–H and O–H groups in total. The number of halogens is 2. The van der Waals surface area contributed by atoms with E-state index in [1.807, 2.05) is 19.0 Å². The molecule has 0 unspecified atom stereocenters. The molecule has 0 aromatic carbocycles. The molecule has 1 aliphatic heterocycles. The Balaban J connectivity index is 0. The van der Waals surface area contributed by atoms with E-state index in [9.17, 15) is 5.11 Å². The first kappa shape index (κ1) is 15.0. The summed E-state index contributed by atoms with van der Waals surface area (Å²) in [7, 11) is 3.84. The second kappa shape index (κ2) is 6.00. The summed E-state index contributed by atoms with van der Waals surface area (Å²) in [6.07, 6.45) is 1.67. The molecule has 76 valence electrons. The SMILES string of the molecule is CN(C)C1(O)CCNCC1.Cl.Cl. The molecule has 0 aromatic rings. The predicted molar refractivity (Wildman–Crippen MR) is 55.2 cm³/mol. The highest BCUT2D eigenvalue weighted by Crippen LogP contribution is 2.19. The summed E-state index contributed by atoms with van der Waals surface area (Å²) in [4.78, 5) is 1.90. The number of rotatable bonds is 1. The van der Waals surface area contributed by atoms with Crippen LogP contribution < -0.4 is 5.32 Å². The van der Waals surface area contributed by atoms with Crippen LogP contribution in [0.15, 0.2) is 0 Å². The van der Waals surface area contributed by atoms with Crippen molar-refractivity contribution in [3.05, 3.63) is 0 Å². The fraction of sp³-hybridized carbons (Fsp3) is 1.00. The topological polar surface area (TPSA) is 35.5 Å². The first-order chi connectivity index (χ1) is 4.65. The number of nitrogens with zero attached hydrogens (tertiary/aromatic N) is 1. The van der Waals surface area contributed by atoms with E-state index in [4.69, 9.17) is 0 Å². The minimum absolute atomic E-state index is 0. The maximum absolute atomic E-state index is 9.83. The Hall–Kier alpha value is 0.460. The maximum Gasteiger partial charge on any atom is 0.120 e. The molecule has 0 radical (unpaired) electrons. The van der Waals surface area contributed by atoms with Crippen LogP contribution >= 0.6 is 24.8 Å². The highest BCUT2D eigenvalue weighted by Gasteiger charge is 2.30. The number of nitrogens with one attached hydrogen (secondary N) is 1. The van der Waals surface area contributed by atoms with Gasteiger partial charge < -0.3 is 10.4 Å². The van der Waals surface area contributed by atoms with Crippen molar-refractivity contribution < 1.29 is 5.11 Å². The molecule has 0 amide bonds. The van der Waals surface area contributed by atoms with Crippen LogP contribution in [0.25, 0.3) is 0 Å². The molecule has 1 heterocycles. The molecule has 3 nitrogen and oxygen atoms in total. The van der Waals surface area contributed by atoms with Gasteiger partial charge in [0.25, 0.3) is 0 Å². The highest BCUT2D eigenvalue weighted by atomic mass is 35.5. The van der Waals surface area contributed by atoms with Gasteiger partial charge in [-0.15, -0.1) is 24.8 Å². The van der Waals surface area contributed by atoms with Gasteiger partial charge in [0.1, 0.15) is 5.72 Å². The molecule has 0 saturated carbocycles. The van der Waals surface area contributed by atoms with E-state index in [2.05, 4.69) is 5.32 Å². The molecule has 0 bridgehead atoms. The van der Waals surface area contributed by atoms with E-state index in [0.29, 0.717) is 0 Å². The summed E-state index contributed by atoms with van der Waals surface area (Å²) < 4.78 is 0. The molecule has 0 aromatic heterocycles. The zero-order chi connectivity index (χ0) is 7.61. The number of hydrogen-bond acceptors (Lipinski definition) is 3. The first-order valence-electron chi connectivity index (χ1n) is 3.76. The Kier molecular flexibility index (Phi) is 7.47. The molecule has 5 heteroatoms. The second-order valence-electron chi connectivity index (χ2n) is 3.13. The van der Waals surface area contributed by atoms with Gasteiger partial charge in [-0.25, -0.2) is 0 Å². The molecular weight excluding hydrogens is 199 g/mol. The Morgan fingerprint density at radius 2 is 1.58 bits per heavy atom. The van der Waals surface area contributed by atoms with Crippen LogP contribution in [0.3, 0.4) is 0 Å². The molecule has 0 aliphatic carbocycles. The lowest BCUT2D eigenvalue weighted by molar-refractivity contribution is -0.102. The van der Waals surface area contributed by atoms with Gasteiger partial charge in [-0.3, -0.25) is 4.90 Å². The molecule has 0 spiro atoms. The van der Waals surface area contributed by atoms with Crippen LogP contribution in [-0.4, -0.2) is 42.9 Å². The average molecular weight is 217 g/mol. The van der Waals surface area contributed by atoms with E-state index in [0.717, 1.165) is 25.9 Å². The predicted octanol–water partition coefficient (Wildman–Crippen LogP) is 0.464. The van der Waals surface area contributed by atoms with E-state index in [-0.39, 0.29) is 24.8 Å². The summed E-state index contributed by atoms with van der Waals surface area (Å²) in [5, 5.41) is 13.0. The van der Waals surface area contributed by atoms with Gasteiger partial charge in [0.2, 0.25) is 0 Å². The fourth-order valence-corrected chi connectivity index (χ4v) is 1.27. The minimum atomic E-state index is -0.550.